The Morgan fingerprint density at radius 1 is 1.15 bits per heavy atom. The highest BCUT2D eigenvalue weighted by molar-refractivity contribution is 9.09. The number of rotatable bonds is 19. The number of hydrogen-bond donors (Lipinski definition) is 2. The Hall–Kier alpha value is -3.06. The van der Waals surface area contributed by atoms with Gasteiger partial charge in [-0.3, -0.25) is 19.2 Å². The number of alkyl halides is 1. The summed E-state index contributed by atoms with van der Waals surface area (Å²) in [5.74, 6) is -3.66. The van der Waals surface area contributed by atoms with Gasteiger partial charge in [-0.15, -0.1) is 13.2 Å². The number of methoxy groups -OCH3 is 1. The van der Waals surface area contributed by atoms with Gasteiger partial charge in [0.05, 0.1) is 43.2 Å². The molecule has 0 radical (unpaired) electrons. The van der Waals surface area contributed by atoms with Gasteiger partial charge in [-0.25, -0.2) is 0 Å². The molecular formula is C42H62BrN3O8. The smallest absolute Gasteiger partial charge is 0.313 e. The average Bonchev–Trinajstić information content (AvgIpc) is 3.69. The van der Waals surface area contributed by atoms with Gasteiger partial charge in [0.25, 0.3) is 0 Å². The van der Waals surface area contributed by atoms with Crippen LogP contribution in [0, 0.1) is 23.2 Å². The van der Waals surface area contributed by atoms with Crippen LogP contribution < -0.4 is 5.32 Å². The number of benzene rings is 1. The lowest BCUT2D eigenvalue weighted by molar-refractivity contribution is -0.164. The molecule has 2 bridgehead atoms. The van der Waals surface area contributed by atoms with Crippen LogP contribution in [0.1, 0.15) is 92.2 Å². The van der Waals surface area contributed by atoms with Gasteiger partial charge >= 0.3 is 5.97 Å². The molecule has 3 heterocycles. The predicted molar refractivity (Wildman–Crippen MR) is 211 cm³/mol. The maximum atomic E-state index is 15.3. The minimum Gasteiger partial charge on any atom is -0.455 e. The van der Waals surface area contributed by atoms with E-state index in [9.17, 15) is 14.7 Å². The zero-order valence-electron chi connectivity index (χ0n) is 33.4. The molecule has 0 saturated carbocycles. The van der Waals surface area contributed by atoms with E-state index in [1.807, 2.05) is 58.0 Å². The zero-order chi connectivity index (χ0) is 40.2. The minimum absolute atomic E-state index is 0.0475. The lowest BCUT2D eigenvalue weighted by Crippen LogP contribution is -2.62. The van der Waals surface area contributed by atoms with E-state index in [2.05, 4.69) is 55.2 Å². The molecule has 12 heteroatoms. The third-order valence-electron chi connectivity index (χ3n) is 10.9. The van der Waals surface area contributed by atoms with Gasteiger partial charge in [0.15, 0.2) is 0 Å². The van der Waals surface area contributed by atoms with Crippen LogP contribution in [-0.4, -0.2) is 106 Å². The Bertz CT molecular complexity index is 1510. The summed E-state index contributed by atoms with van der Waals surface area (Å²) in [4.78, 5) is 60.9. The first-order chi connectivity index (χ1) is 25.4. The molecule has 3 fully saturated rings. The molecule has 1 aromatic carbocycles. The second kappa shape index (κ2) is 17.8. The molecule has 3 aliphatic heterocycles. The number of nitrogens with zero attached hydrogens (tertiary/aromatic N) is 2. The first-order valence-electron chi connectivity index (χ1n) is 19.2. The normalized spacial score (nSPS) is 26.6. The van der Waals surface area contributed by atoms with E-state index in [4.69, 9.17) is 14.2 Å². The number of aliphatic hydroxyl groups is 1. The van der Waals surface area contributed by atoms with Crippen molar-refractivity contribution in [1.29, 1.82) is 0 Å². The van der Waals surface area contributed by atoms with Crippen LogP contribution in [-0.2, 0) is 33.4 Å². The maximum Gasteiger partial charge on any atom is 0.313 e. The number of allylic oxidation sites excluding steroid dienone is 1. The van der Waals surface area contributed by atoms with Gasteiger partial charge in [0.2, 0.25) is 17.7 Å². The molecule has 1 unspecified atom stereocenters. The first kappa shape index (κ1) is 43.7. The fraction of sp³-hybridized carbons (Fsp3) is 0.667. The number of esters is 1. The second-order valence-electron chi connectivity index (χ2n) is 17.4. The van der Waals surface area contributed by atoms with Crippen molar-refractivity contribution < 1.29 is 38.5 Å². The summed E-state index contributed by atoms with van der Waals surface area (Å²) in [6, 6.07) is 6.55. The van der Waals surface area contributed by atoms with E-state index in [-0.39, 0.29) is 54.2 Å². The quantitative estimate of drug-likeness (QED) is 0.103. The van der Waals surface area contributed by atoms with Crippen molar-refractivity contribution in [2.45, 2.75) is 127 Å². The molecule has 300 valence electrons. The van der Waals surface area contributed by atoms with E-state index < -0.39 is 65.2 Å². The standard InChI is InChI=1S/C42H62BrN3O8/c1-11-13-19-31(48)44-30(24-52-10)34(27-17-15-14-16-18-27)53-39(51)32-33-37(49)46(28(23-47)21-26(3)4)36(42(33)22-29(43)35(32)54-42)38(50)45(20-12-2)41(8,9)25-40(5,6)7/h11-12,14-18,26,28-30,32-36,47H,1-2,13,19-25H2,3-10H3,(H,44,48)/t28-,29?,30-,32+,33-,34-,35+,36+,42-/m1/s1. The summed E-state index contributed by atoms with van der Waals surface area (Å²) >= 11 is 3.78. The molecule has 3 amide bonds. The third kappa shape index (κ3) is 9.14. The monoisotopic (exact) mass is 815 g/mol. The Morgan fingerprint density at radius 2 is 1.81 bits per heavy atom. The van der Waals surface area contributed by atoms with Crippen molar-refractivity contribution in [1.82, 2.24) is 15.1 Å². The van der Waals surface area contributed by atoms with E-state index in [0.717, 1.165) is 0 Å². The van der Waals surface area contributed by atoms with Crippen molar-refractivity contribution in [3.05, 3.63) is 61.2 Å². The third-order valence-corrected chi connectivity index (χ3v) is 11.7. The molecule has 3 saturated heterocycles. The molecule has 1 aromatic rings. The van der Waals surface area contributed by atoms with Gasteiger partial charge in [-0.2, -0.15) is 0 Å². The van der Waals surface area contributed by atoms with Gasteiger partial charge in [0, 0.05) is 30.4 Å². The highest BCUT2D eigenvalue weighted by Gasteiger charge is 2.78. The topological polar surface area (TPSA) is 135 Å². The van der Waals surface area contributed by atoms with Crippen LogP contribution in [0.15, 0.2) is 55.6 Å². The Morgan fingerprint density at radius 3 is 2.37 bits per heavy atom. The summed E-state index contributed by atoms with van der Waals surface area (Å²) < 4.78 is 18.7. The van der Waals surface area contributed by atoms with Gasteiger partial charge in [-0.1, -0.05) is 93.0 Å². The molecule has 54 heavy (non-hydrogen) atoms. The number of fused-ring (bicyclic) bond motifs is 1. The lowest BCUT2D eigenvalue weighted by Gasteiger charge is -2.46. The number of amides is 3. The lowest BCUT2D eigenvalue weighted by atomic mass is 9.70. The summed E-state index contributed by atoms with van der Waals surface area (Å²) in [5, 5.41) is 13.8. The SMILES string of the molecule is C=CCCC(=O)N[C@H](COC)[C@H](OC(=O)[C@@H]1[C@H]2O[C@@]3(CC2Br)[C@H](C(=O)N(CC=C)C(C)(C)CC(C)(C)C)N([C@@H](CO)CC(C)C)C(=O)[C@@H]13)c1ccccc1. The van der Waals surface area contributed by atoms with Crippen LogP contribution in [0.5, 0.6) is 0 Å². The Balaban J connectivity index is 1.81. The number of aliphatic hydroxyl groups excluding tert-OH is 1. The Labute approximate surface area is 330 Å². The second-order valence-corrected chi connectivity index (χ2v) is 18.6. The number of ether oxygens (including phenoxy) is 3. The van der Waals surface area contributed by atoms with E-state index in [1.165, 1.54) is 12.0 Å². The number of hydrogen-bond acceptors (Lipinski definition) is 8. The molecule has 9 atom stereocenters. The first-order valence-corrected chi connectivity index (χ1v) is 20.1. The van der Waals surface area contributed by atoms with Crippen LogP contribution in [0.4, 0.5) is 0 Å². The molecule has 4 rings (SSSR count). The number of likely N-dealkylation sites (tertiary alicyclic amines) is 1. The number of carbonyl (C=O) groups excluding carboxylic acids is 4. The van der Waals surface area contributed by atoms with Crippen LogP contribution in [0.3, 0.4) is 0 Å². The van der Waals surface area contributed by atoms with Crippen molar-refractivity contribution in [2.24, 2.45) is 23.2 Å². The van der Waals surface area contributed by atoms with Gasteiger partial charge < -0.3 is 34.4 Å². The Kier molecular flexibility index (Phi) is 14.4. The zero-order valence-corrected chi connectivity index (χ0v) is 35.0. The van der Waals surface area contributed by atoms with Crippen LogP contribution >= 0.6 is 15.9 Å². The van der Waals surface area contributed by atoms with Crippen molar-refractivity contribution in [3.63, 3.8) is 0 Å². The van der Waals surface area contributed by atoms with Crippen LogP contribution in [0.25, 0.3) is 0 Å². The van der Waals surface area contributed by atoms with Crippen LogP contribution in [0.2, 0.25) is 0 Å². The fourth-order valence-electron chi connectivity index (χ4n) is 9.26. The minimum atomic E-state index is -1.37. The average molecular weight is 817 g/mol. The number of nitrogens with one attached hydrogen (secondary N) is 1. The molecule has 11 nitrogen and oxygen atoms in total. The predicted octanol–water partition coefficient (Wildman–Crippen LogP) is 5.75. The highest BCUT2D eigenvalue weighted by atomic mass is 79.9. The molecule has 0 aliphatic carbocycles. The highest BCUT2D eigenvalue weighted by Crippen LogP contribution is 2.61. The summed E-state index contributed by atoms with van der Waals surface area (Å²) in [6.07, 6.45) is 3.70. The molecular weight excluding hydrogens is 754 g/mol. The largest absolute Gasteiger partial charge is 0.455 e. The number of carbonyl (C=O) groups is 4. The molecule has 2 N–H and O–H groups in total. The molecule has 1 spiro atoms. The fourth-order valence-corrected chi connectivity index (χ4v) is 10.2. The molecule has 3 aliphatic rings. The summed E-state index contributed by atoms with van der Waals surface area (Å²) in [7, 11) is 1.51. The molecule has 0 aromatic heterocycles. The van der Waals surface area contributed by atoms with Crippen molar-refractivity contribution in [3.8, 4) is 0 Å². The summed E-state index contributed by atoms with van der Waals surface area (Å²) in [6.45, 7) is 22.0. The van der Waals surface area contributed by atoms with Gasteiger partial charge in [0.1, 0.15) is 17.7 Å². The van der Waals surface area contributed by atoms with E-state index in [0.29, 0.717) is 31.2 Å². The van der Waals surface area contributed by atoms with E-state index >= 15 is 9.59 Å². The summed E-state index contributed by atoms with van der Waals surface area (Å²) in [5.41, 5.74) is -1.50. The van der Waals surface area contributed by atoms with Crippen molar-refractivity contribution >= 4 is 39.6 Å². The van der Waals surface area contributed by atoms with Crippen molar-refractivity contribution in [2.75, 3.05) is 26.9 Å². The number of halogens is 1. The van der Waals surface area contributed by atoms with E-state index in [1.54, 1.807) is 17.1 Å². The van der Waals surface area contributed by atoms with Gasteiger partial charge in [-0.05, 0) is 56.4 Å². The maximum absolute atomic E-state index is 15.3.